The maximum absolute atomic E-state index is 5.54. The number of nitrogens with zero attached hydrogens (tertiary/aromatic N) is 2. The number of unbranched alkanes of at least 4 members (excludes halogenated alkanes) is 2. The van der Waals surface area contributed by atoms with Gasteiger partial charge in [-0.25, -0.2) is 4.98 Å². The van der Waals surface area contributed by atoms with Crippen LogP contribution in [0.5, 0.6) is 11.5 Å². The van der Waals surface area contributed by atoms with E-state index in [2.05, 4.69) is 11.5 Å². The van der Waals surface area contributed by atoms with Crippen LogP contribution in [0.4, 0.5) is 0 Å². The molecule has 2 aromatic rings. The van der Waals surface area contributed by atoms with Gasteiger partial charge in [0.25, 0.3) is 0 Å². The van der Waals surface area contributed by atoms with Crippen LogP contribution >= 0.6 is 0 Å². The highest BCUT2D eigenvalue weighted by Gasteiger charge is 2.14. The maximum atomic E-state index is 5.54. The molecule has 5 nitrogen and oxygen atoms in total. The van der Waals surface area contributed by atoms with E-state index in [9.17, 15) is 0 Å². The molecule has 0 fully saturated rings. The van der Waals surface area contributed by atoms with Crippen LogP contribution in [0, 0.1) is 0 Å². The van der Waals surface area contributed by atoms with Crippen molar-refractivity contribution in [3.8, 4) is 11.5 Å². The van der Waals surface area contributed by atoms with Crippen molar-refractivity contribution >= 4 is 11.0 Å². The molecule has 0 spiro atoms. The second kappa shape index (κ2) is 7.31. The van der Waals surface area contributed by atoms with E-state index in [-0.39, 0.29) is 0 Å². The first-order valence-corrected chi connectivity index (χ1v) is 7.56. The van der Waals surface area contributed by atoms with Crippen LogP contribution in [0.3, 0.4) is 0 Å². The molecule has 21 heavy (non-hydrogen) atoms. The Balaban J connectivity index is 2.33. The van der Waals surface area contributed by atoms with Crippen LogP contribution < -0.4 is 15.2 Å². The quantitative estimate of drug-likeness (QED) is 0.760. The zero-order chi connectivity index (χ0) is 15.2. The van der Waals surface area contributed by atoms with E-state index in [0.717, 1.165) is 67.1 Å². The number of rotatable bonds is 8. The molecule has 2 rings (SSSR count). The van der Waals surface area contributed by atoms with E-state index >= 15 is 0 Å². The number of nitrogens with two attached hydrogens (primary N) is 1. The van der Waals surface area contributed by atoms with E-state index in [0.29, 0.717) is 0 Å². The van der Waals surface area contributed by atoms with Gasteiger partial charge in [-0.15, -0.1) is 0 Å². The van der Waals surface area contributed by atoms with Crippen LogP contribution in [-0.2, 0) is 13.0 Å². The van der Waals surface area contributed by atoms with Crippen molar-refractivity contribution in [1.82, 2.24) is 9.55 Å². The fourth-order valence-corrected chi connectivity index (χ4v) is 2.65. The first-order chi connectivity index (χ1) is 10.2. The van der Waals surface area contributed by atoms with E-state index in [1.54, 1.807) is 14.2 Å². The normalized spacial score (nSPS) is 11.0. The van der Waals surface area contributed by atoms with Gasteiger partial charge in [0, 0.05) is 25.1 Å². The number of methoxy groups -OCH3 is 2. The second-order valence-corrected chi connectivity index (χ2v) is 5.07. The summed E-state index contributed by atoms with van der Waals surface area (Å²) >= 11 is 0. The van der Waals surface area contributed by atoms with Gasteiger partial charge in [0.15, 0.2) is 11.5 Å². The third kappa shape index (κ3) is 3.29. The van der Waals surface area contributed by atoms with Gasteiger partial charge in [-0.3, -0.25) is 0 Å². The summed E-state index contributed by atoms with van der Waals surface area (Å²) < 4.78 is 13.0. The molecule has 0 aliphatic rings. The van der Waals surface area contributed by atoms with Gasteiger partial charge in [0.05, 0.1) is 25.3 Å². The number of fused-ring (bicyclic) bond motifs is 1. The van der Waals surface area contributed by atoms with E-state index in [1.165, 1.54) is 0 Å². The Morgan fingerprint density at radius 1 is 1.10 bits per heavy atom. The predicted octanol–water partition coefficient (Wildman–Crippen LogP) is 2.74. The summed E-state index contributed by atoms with van der Waals surface area (Å²) in [5.74, 6) is 2.59. The van der Waals surface area contributed by atoms with Crippen LogP contribution in [0.25, 0.3) is 11.0 Å². The fraction of sp³-hybridized carbons (Fsp3) is 0.562. The van der Waals surface area contributed by atoms with Crippen LogP contribution in [-0.4, -0.2) is 30.3 Å². The van der Waals surface area contributed by atoms with Gasteiger partial charge in [-0.2, -0.15) is 0 Å². The fourth-order valence-electron chi connectivity index (χ4n) is 2.65. The highest BCUT2D eigenvalue weighted by Crippen LogP contribution is 2.32. The Morgan fingerprint density at radius 3 is 2.43 bits per heavy atom. The molecule has 0 amide bonds. The van der Waals surface area contributed by atoms with Crippen molar-refractivity contribution in [2.24, 2.45) is 5.73 Å². The molecule has 0 unspecified atom stereocenters. The molecule has 0 saturated heterocycles. The van der Waals surface area contributed by atoms with Gasteiger partial charge in [-0.05, 0) is 26.3 Å². The van der Waals surface area contributed by atoms with Crippen molar-refractivity contribution < 1.29 is 9.47 Å². The summed E-state index contributed by atoms with van der Waals surface area (Å²) in [5.41, 5.74) is 7.60. The lowest BCUT2D eigenvalue weighted by Crippen LogP contribution is -2.03. The summed E-state index contributed by atoms with van der Waals surface area (Å²) in [6.07, 6.45) is 4.33. The highest BCUT2D eigenvalue weighted by atomic mass is 16.5. The molecule has 1 aromatic heterocycles. The van der Waals surface area contributed by atoms with E-state index in [4.69, 9.17) is 20.2 Å². The molecule has 0 radical (unpaired) electrons. The zero-order valence-corrected chi connectivity index (χ0v) is 13.2. The van der Waals surface area contributed by atoms with E-state index < -0.39 is 0 Å². The highest BCUT2D eigenvalue weighted by molar-refractivity contribution is 5.80. The smallest absolute Gasteiger partial charge is 0.163 e. The second-order valence-electron chi connectivity index (χ2n) is 5.07. The molecular weight excluding hydrogens is 266 g/mol. The SMILES string of the molecule is CCn1c(CCCCCN)nc2cc(OC)c(OC)cc21. The maximum Gasteiger partial charge on any atom is 0.163 e. The lowest BCUT2D eigenvalue weighted by atomic mass is 10.2. The minimum atomic E-state index is 0.723. The molecule has 0 atom stereocenters. The third-order valence-electron chi connectivity index (χ3n) is 3.75. The summed E-state index contributed by atoms with van der Waals surface area (Å²) in [6.45, 7) is 3.80. The molecule has 5 heteroatoms. The van der Waals surface area contributed by atoms with Gasteiger partial charge in [-0.1, -0.05) is 6.42 Å². The predicted molar refractivity (Wildman–Crippen MR) is 85.1 cm³/mol. The summed E-state index contributed by atoms with van der Waals surface area (Å²) in [6, 6.07) is 3.96. The summed E-state index contributed by atoms with van der Waals surface area (Å²) in [7, 11) is 3.30. The first kappa shape index (κ1) is 15.6. The van der Waals surface area contributed by atoms with Crippen molar-refractivity contribution in [2.75, 3.05) is 20.8 Å². The van der Waals surface area contributed by atoms with Crippen LogP contribution in [0.2, 0.25) is 0 Å². The number of aryl methyl sites for hydroxylation is 2. The molecule has 1 heterocycles. The van der Waals surface area contributed by atoms with Gasteiger partial charge < -0.3 is 19.8 Å². The van der Waals surface area contributed by atoms with Crippen molar-refractivity contribution in [1.29, 1.82) is 0 Å². The Labute approximate surface area is 126 Å². The monoisotopic (exact) mass is 291 g/mol. The zero-order valence-electron chi connectivity index (χ0n) is 13.2. The number of aromatic nitrogens is 2. The Kier molecular flexibility index (Phi) is 5.44. The first-order valence-electron chi connectivity index (χ1n) is 7.56. The number of hydrogen-bond donors (Lipinski definition) is 1. The van der Waals surface area contributed by atoms with Gasteiger partial charge in [0.1, 0.15) is 5.82 Å². The van der Waals surface area contributed by atoms with Crippen molar-refractivity contribution in [3.05, 3.63) is 18.0 Å². The number of imidazole rings is 1. The molecule has 0 aliphatic carbocycles. The molecule has 2 N–H and O–H groups in total. The summed E-state index contributed by atoms with van der Waals surface area (Å²) in [4.78, 5) is 4.76. The summed E-state index contributed by atoms with van der Waals surface area (Å²) in [5, 5.41) is 0. The van der Waals surface area contributed by atoms with Gasteiger partial charge >= 0.3 is 0 Å². The molecule has 0 bridgehead atoms. The average Bonchev–Trinajstić information content (AvgIpc) is 2.86. The number of ether oxygens (including phenoxy) is 2. The van der Waals surface area contributed by atoms with Crippen molar-refractivity contribution in [2.45, 2.75) is 39.2 Å². The number of hydrogen-bond acceptors (Lipinski definition) is 4. The molecule has 0 saturated carbocycles. The van der Waals surface area contributed by atoms with E-state index in [1.807, 2.05) is 12.1 Å². The standard InChI is InChI=1S/C16H25N3O2/c1-4-19-13-11-15(21-3)14(20-2)10-12(13)18-16(19)8-6-5-7-9-17/h10-11H,4-9,17H2,1-3H3. The third-order valence-corrected chi connectivity index (χ3v) is 3.75. The van der Waals surface area contributed by atoms with Crippen molar-refractivity contribution in [3.63, 3.8) is 0 Å². The molecule has 1 aromatic carbocycles. The Bertz CT molecular complexity index is 593. The Morgan fingerprint density at radius 2 is 1.81 bits per heavy atom. The number of benzene rings is 1. The minimum absolute atomic E-state index is 0.723. The van der Waals surface area contributed by atoms with Crippen LogP contribution in [0.15, 0.2) is 12.1 Å². The largest absolute Gasteiger partial charge is 0.493 e. The molecular formula is C16H25N3O2. The lowest BCUT2D eigenvalue weighted by Gasteiger charge is -2.09. The lowest BCUT2D eigenvalue weighted by molar-refractivity contribution is 0.355. The van der Waals surface area contributed by atoms with Gasteiger partial charge in [0.2, 0.25) is 0 Å². The topological polar surface area (TPSA) is 62.3 Å². The molecule has 0 aliphatic heterocycles. The minimum Gasteiger partial charge on any atom is -0.493 e. The average molecular weight is 291 g/mol. The Hall–Kier alpha value is -1.75. The van der Waals surface area contributed by atoms with Crippen LogP contribution in [0.1, 0.15) is 32.0 Å². The molecule has 116 valence electrons.